The second-order valence-corrected chi connectivity index (χ2v) is 3.78. The average Bonchev–Trinajstić information content (AvgIpc) is 2.18. The van der Waals surface area contributed by atoms with E-state index in [1.54, 1.807) is 0 Å². The van der Waals surface area contributed by atoms with E-state index in [1.165, 1.54) is 0 Å². The van der Waals surface area contributed by atoms with Gasteiger partial charge in [0.15, 0.2) is 0 Å². The Balaban J connectivity index is 2.91. The molecule has 0 N–H and O–H groups in total. The number of allylic oxidation sites excluding steroid dienone is 5. The van der Waals surface area contributed by atoms with Crippen molar-refractivity contribution in [3.8, 4) is 0 Å². The van der Waals surface area contributed by atoms with Crippen LogP contribution < -0.4 is 0 Å². The van der Waals surface area contributed by atoms with Crippen LogP contribution in [-0.4, -0.2) is 0 Å². The molecule has 0 amide bonds. The van der Waals surface area contributed by atoms with Gasteiger partial charge in [-0.05, 0) is 30.4 Å². The van der Waals surface area contributed by atoms with Crippen molar-refractivity contribution >= 4 is 12.1 Å². The molecule has 0 radical (unpaired) electrons. The molecule has 1 aliphatic rings. The summed E-state index contributed by atoms with van der Waals surface area (Å²) in [5.41, 5.74) is 2.30. The molecule has 72 valence electrons. The van der Waals surface area contributed by atoms with E-state index in [0.29, 0.717) is 12.1 Å². The van der Waals surface area contributed by atoms with Gasteiger partial charge in [-0.2, -0.15) is 3.89 Å². The van der Waals surface area contributed by atoms with Gasteiger partial charge in [0.25, 0.3) is 0 Å². The molecule has 0 heterocycles. The lowest BCUT2D eigenvalue weighted by atomic mass is 9.94. The summed E-state index contributed by atoms with van der Waals surface area (Å²) in [6.07, 6.45) is 7.81. The van der Waals surface area contributed by atoms with Crippen LogP contribution in [0, 0.1) is 0 Å². The van der Waals surface area contributed by atoms with Crippen LogP contribution in [0.3, 0.4) is 0 Å². The van der Waals surface area contributed by atoms with E-state index in [2.05, 4.69) is 19.6 Å². The molecule has 0 aromatic rings. The zero-order valence-corrected chi connectivity index (χ0v) is 8.79. The summed E-state index contributed by atoms with van der Waals surface area (Å²) in [7, 11) is 0. The van der Waals surface area contributed by atoms with Gasteiger partial charge in [0.05, 0.1) is 12.1 Å². The molecule has 2 heteroatoms. The zero-order valence-electron chi connectivity index (χ0n) is 7.98. The number of rotatable bonds is 4. The van der Waals surface area contributed by atoms with Gasteiger partial charge in [-0.15, -0.1) is 0 Å². The molecule has 0 fully saturated rings. The highest BCUT2D eigenvalue weighted by atomic mass is 32.2. The van der Waals surface area contributed by atoms with Crippen LogP contribution in [0.15, 0.2) is 34.8 Å². The van der Waals surface area contributed by atoms with Crippen LogP contribution in [0.4, 0.5) is 3.89 Å². The van der Waals surface area contributed by atoms with E-state index in [-0.39, 0.29) is 0 Å². The van der Waals surface area contributed by atoms with Crippen molar-refractivity contribution in [2.45, 2.75) is 32.6 Å². The quantitative estimate of drug-likeness (QED) is 0.638. The van der Waals surface area contributed by atoms with Crippen molar-refractivity contribution in [3.05, 3.63) is 34.8 Å². The van der Waals surface area contributed by atoms with Crippen molar-refractivity contribution in [3.63, 3.8) is 0 Å². The third-order valence-electron chi connectivity index (χ3n) is 2.23. The fourth-order valence-electron chi connectivity index (χ4n) is 1.62. The largest absolute Gasteiger partial charge is 0.160 e. The highest BCUT2D eigenvalue weighted by molar-refractivity contribution is 7.98. The highest BCUT2D eigenvalue weighted by Crippen LogP contribution is 2.36. The standard InChI is InChI=1S/C11H15FS/c1-3-6-10-9(4-2)7-5-8-11(10)13-12/h4,7H,2-3,5-6,8H2,1H3. The lowest BCUT2D eigenvalue weighted by Gasteiger charge is -2.16. The molecule has 0 unspecified atom stereocenters. The minimum Gasteiger partial charge on any atom is -0.160 e. The van der Waals surface area contributed by atoms with Crippen molar-refractivity contribution in [1.29, 1.82) is 0 Å². The fraction of sp³-hybridized carbons (Fsp3) is 0.455. The fourth-order valence-corrected chi connectivity index (χ4v) is 2.13. The predicted octanol–water partition coefficient (Wildman–Crippen LogP) is 4.56. The smallest absolute Gasteiger partial charge is 0.0770 e. The Hall–Kier alpha value is -0.500. The molecule has 0 nitrogen and oxygen atoms in total. The average molecular weight is 198 g/mol. The zero-order chi connectivity index (χ0) is 9.68. The SMILES string of the molecule is C=CC1=CCCC(SF)=C1CCC. The summed E-state index contributed by atoms with van der Waals surface area (Å²) in [5.74, 6) is 0. The first-order valence-corrected chi connectivity index (χ1v) is 5.38. The third kappa shape index (κ3) is 2.47. The molecule has 0 saturated carbocycles. The second kappa shape index (κ2) is 5.28. The van der Waals surface area contributed by atoms with Crippen molar-refractivity contribution < 1.29 is 3.89 Å². The van der Waals surface area contributed by atoms with Crippen LogP contribution in [0.25, 0.3) is 0 Å². The Bertz CT molecular complexity index is 251. The minimum absolute atomic E-state index is 0.404. The van der Waals surface area contributed by atoms with Gasteiger partial charge in [-0.1, -0.05) is 32.1 Å². The molecule has 0 saturated heterocycles. The molecule has 0 atom stereocenters. The predicted molar refractivity (Wildman–Crippen MR) is 58.1 cm³/mol. The number of hydrogen-bond acceptors (Lipinski definition) is 1. The topological polar surface area (TPSA) is 0 Å². The molecular formula is C11H15FS. The van der Waals surface area contributed by atoms with Gasteiger partial charge in [-0.25, -0.2) is 0 Å². The summed E-state index contributed by atoms with van der Waals surface area (Å²) in [4.78, 5) is 0.902. The maximum Gasteiger partial charge on any atom is 0.0770 e. The monoisotopic (exact) mass is 198 g/mol. The van der Waals surface area contributed by atoms with Gasteiger partial charge in [-0.3, -0.25) is 0 Å². The minimum atomic E-state index is 0.404. The summed E-state index contributed by atoms with van der Waals surface area (Å²) in [6.45, 7) is 5.87. The van der Waals surface area contributed by atoms with E-state index < -0.39 is 0 Å². The van der Waals surface area contributed by atoms with Crippen LogP contribution in [-0.2, 0) is 0 Å². The molecule has 0 aromatic carbocycles. The van der Waals surface area contributed by atoms with Gasteiger partial charge < -0.3 is 0 Å². The van der Waals surface area contributed by atoms with E-state index in [1.807, 2.05) is 6.08 Å². The first-order valence-electron chi connectivity index (χ1n) is 4.67. The highest BCUT2D eigenvalue weighted by Gasteiger charge is 2.13. The number of halogens is 1. The van der Waals surface area contributed by atoms with E-state index in [4.69, 9.17) is 0 Å². The van der Waals surface area contributed by atoms with Gasteiger partial charge in [0.2, 0.25) is 0 Å². The van der Waals surface area contributed by atoms with Gasteiger partial charge in [0, 0.05) is 4.91 Å². The molecule has 1 aliphatic carbocycles. The molecular weight excluding hydrogens is 183 g/mol. The summed E-state index contributed by atoms with van der Waals surface area (Å²) >= 11 is 0.404. The van der Waals surface area contributed by atoms with Crippen LogP contribution in [0.2, 0.25) is 0 Å². The Morgan fingerprint density at radius 2 is 2.46 bits per heavy atom. The first-order chi connectivity index (χ1) is 6.33. The Morgan fingerprint density at radius 1 is 1.69 bits per heavy atom. The van der Waals surface area contributed by atoms with Crippen LogP contribution in [0.1, 0.15) is 32.6 Å². The van der Waals surface area contributed by atoms with Gasteiger partial charge in [0.1, 0.15) is 0 Å². The molecule has 0 aromatic heterocycles. The summed E-state index contributed by atoms with van der Waals surface area (Å²) < 4.78 is 12.6. The van der Waals surface area contributed by atoms with Crippen LogP contribution >= 0.6 is 12.1 Å². The summed E-state index contributed by atoms with van der Waals surface area (Å²) in [6, 6.07) is 0. The van der Waals surface area contributed by atoms with Crippen LogP contribution in [0.5, 0.6) is 0 Å². The Labute approximate surface area is 83.9 Å². The lowest BCUT2D eigenvalue weighted by molar-refractivity contribution is 0.863. The molecule has 13 heavy (non-hydrogen) atoms. The van der Waals surface area contributed by atoms with E-state index in [0.717, 1.165) is 41.7 Å². The molecule has 0 bridgehead atoms. The van der Waals surface area contributed by atoms with E-state index >= 15 is 0 Å². The van der Waals surface area contributed by atoms with Gasteiger partial charge >= 0.3 is 0 Å². The van der Waals surface area contributed by atoms with Crippen molar-refractivity contribution in [2.75, 3.05) is 0 Å². The Kier molecular flexibility index (Phi) is 4.29. The molecule has 0 spiro atoms. The maximum atomic E-state index is 12.6. The third-order valence-corrected chi connectivity index (χ3v) is 2.87. The lowest BCUT2D eigenvalue weighted by Crippen LogP contribution is -1.97. The second-order valence-electron chi connectivity index (χ2n) is 3.13. The van der Waals surface area contributed by atoms with E-state index in [9.17, 15) is 3.89 Å². The first kappa shape index (κ1) is 10.6. The molecule has 0 aliphatic heterocycles. The normalized spacial score (nSPS) is 17.2. The van der Waals surface area contributed by atoms with Crippen molar-refractivity contribution in [2.24, 2.45) is 0 Å². The Morgan fingerprint density at radius 3 is 3.00 bits per heavy atom. The maximum absolute atomic E-state index is 12.6. The van der Waals surface area contributed by atoms with Crippen molar-refractivity contribution in [1.82, 2.24) is 0 Å². The number of hydrogen-bond donors (Lipinski definition) is 0. The molecule has 1 rings (SSSR count). The summed E-state index contributed by atoms with van der Waals surface area (Å²) in [5, 5.41) is 0.